The molecule has 0 saturated carbocycles. The minimum absolute atomic E-state index is 0.538. The van der Waals surface area contributed by atoms with E-state index in [1.807, 2.05) is 30.3 Å². The van der Waals surface area contributed by atoms with E-state index in [2.05, 4.69) is 11.1 Å². The average Bonchev–Trinajstić information content (AvgIpc) is 2.39. The van der Waals surface area contributed by atoms with Crippen molar-refractivity contribution in [2.75, 3.05) is 0 Å². The van der Waals surface area contributed by atoms with Crippen LogP contribution in [0.4, 0.5) is 0 Å². The summed E-state index contributed by atoms with van der Waals surface area (Å²) >= 11 is 0. The first-order valence-corrected chi connectivity index (χ1v) is 4.98. The standard InChI is InChI=1S/C13H11N3/c14-6-10-1-3-12(4-2-10)13-5-11(7-15)8-16-9-13/h1-5,8-9H,6,14H2. The van der Waals surface area contributed by atoms with Crippen molar-refractivity contribution in [2.24, 2.45) is 5.73 Å². The monoisotopic (exact) mass is 209 g/mol. The molecule has 2 N–H and O–H groups in total. The lowest BCUT2D eigenvalue weighted by molar-refractivity contribution is 1.07. The van der Waals surface area contributed by atoms with Crippen molar-refractivity contribution >= 4 is 0 Å². The highest BCUT2D eigenvalue weighted by Crippen LogP contribution is 2.19. The van der Waals surface area contributed by atoms with Crippen LogP contribution in [0.5, 0.6) is 0 Å². The number of nitriles is 1. The van der Waals surface area contributed by atoms with Crippen LogP contribution in [0.15, 0.2) is 42.7 Å². The Morgan fingerprint density at radius 1 is 1.12 bits per heavy atom. The van der Waals surface area contributed by atoms with E-state index in [1.54, 1.807) is 12.4 Å². The van der Waals surface area contributed by atoms with Gasteiger partial charge in [-0.1, -0.05) is 24.3 Å². The van der Waals surface area contributed by atoms with E-state index in [-0.39, 0.29) is 0 Å². The number of hydrogen-bond donors (Lipinski definition) is 1. The van der Waals surface area contributed by atoms with Gasteiger partial charge in [0, 0.05) is 24.5 Å². The molecule has 0 aliphatic heterocycles. The summed E-state index contributed by atoms with van der Waals surface area (Å²) in [6, 6.07) is 11.8. The van der Waals surface area contributed by atoms with E-state index >= 15 is 0 Å². The van der Waals surface area contributed by atoms with Crippen LogP contribution in [0, 0.1) is 11.3 Å². The zero-order valence-electron chi connectivity index (χ0n) is 8.72. The van der Waals surface area contributed by atoms with Gasteiger partial charge in [-0.3, -0.25) is 4.98 Å². The van der Waals surface area contributed by atoms with E-state index in [1.165, 1.54) is 0 Å². The van der Waals surface area contributed by atoms with E-state index in [0.29, 0.717) is 12.1 Å². The van der Waals surface area contributed by atoms with Gasteiger partial charge in [0.05, 0.1) is 5.56 Å². The zero-order chi connectivity index (χ0) is 11.4. The summed E-state index contributed by atoms with van der Waals surface area (Å²) in [5, 5.41) is 8.78. The Bertz CT molecular complexity index is 524. The van der Waals surface area contributed by atoms with Crippen LogP contribution < -0.4 is 5.73 Å². The van der Waals surface area contributed by atoms with E-state index in [4.69, 9.17) is 11.0 Å². The van der Waals surface area contributed by atoms with Crippen LogP contribution in [0.3, 0.4) is 0 Å². The third-order valence-corrected chi connectivity index (χ3v) is 2.39. The second kappa shape index (κ2) is 4.56. The molecule has 0 spiro atoms. The summed E-state index contributed by atoms with van der Waals surface area (Å²) in [5.41, 5.74) is 9.18. The van der Waals surface area contributed by atoms with E-state index < -0.39 is 0 Å². The number of nitrogens with zero attached hydrogens (tertiary/aromatic N) is 2. The molecule has 0 atom stereocenters. The Labute approximate surface area is 94.2 Å². The van der Waals surface area contributed by atoms with Crippen LogP contribution in [0.25, 0.3) is 11.1 Å². The average molecular weight is 209 g/mol. The SMILES string of the molecule is N#Cc1cncc(-c2ccc(CN)cc2)c1. The van der Waals surface area contributed by atoms with Gasteiger partial charge < -0.3 is 5.73 Å². The lowest BCUT2D eigenvalue weighted by Crippen LogP contribution is -1.95. The molecule has 2 aromatic rings. The third kappa shape index (κ3) is 2.08. The van der Waals surface area contributed by atoms with Gasteiger partial charge in [-0.2, -0.15) is 5.26 Å². The van der Waals surface area contributed by atoms with Crippen molar-refractivity contribution in [3.05, 3.63) is 53.9 Å². The first-order valence-electron chi connectivity index (χ1n) is 4.98. The Morgan fingerprint density at radius 3 is 2.50 bits per heavy atom. The van der Waals surface area contributed by atoms with Crippen molar-refractivity contribution in [3.8, 4) is 17.2 Å². The van der Waals surface area contributed by atoms with Crippen LogP contribution >= 0.6 is 0 Å². The zero-order valence-corrected chi connectivity index (χ0v) is 8.72. The molecule has 0 unspecified atom stereocenters. The predicted octanol–water partition coefficient (Wildman–Crippen LogP) is 2.08. The Kier molecular flexibility index (Phi) is 2.95. The molecular formula is C13H11N3. The molecule has 0 aliphatic carbocycles. The first kappa shape index (κ1) is 10.3. The van der Waals surface area contributed by atoms with Gasteiger partial charge in [0.1, 0.15) is 6.07 Å². The quantitative estimate of drug-likeness (QED) is 0.823. The number of hydrogen-bond acceptors (Lipinski definition) is 3. The predicted molar refractivity (Wildman–Crippen MR) is 62.3 cm³/mol. The van der Waals surface area contributed by atoms with Crippen LogP contribution in [0.1, 0.15) is 11.1 Å². The van der Waals surface area contributed by atoms with Crippen molar-refractivity contribution < 1.29 is 0 Å². The van der Waals surface area contributed by atoms with Crippen LogP contribution in [-0.2, 0) is 6.54 Å². The molecule has 0 fully saturated rings. The summed E-state index contributed by atoms with van der Waals surface area (Å²) in [5.74, 6) is 0. The van der Waals surface area contributed by atoms with E-state index in [0.717, 1.165) is 16.7 Å². The van der Waals surface area contributed by atoms with Gasteiger partial charge in [0.25, 0.3) is 0 Å². The highest BCUT2D eigenvalue weighted by atomic mass is 14.6. The number of benzene rings is 1. The summed E-state index contributed by atoms with van der Waals surface area (Å²) < 4.78 is 0. The highest BCUT2D eigenvalue weighted by Gasteiger charge is 1.99. The molecule has 1 aromatic heterocycles. The molecular weight excluding hydrogens is 198 g/mol. The molecule has 2 rings (SSSR count). The number of rotatable bonds is 2. The van der Waals surface area contributed by atoms with Gasteiger partial charge >= 0.3 is 0 Å². The van der Waals surface area contributed by atoms with Crippen molar-refractivity contribution in [1.82, 2.24) is 4.98 Å². The fourth-order valence-electron chi connectivity index (χ4n) is 1.49. The van der Waals surface area contributed by atoms with Gasteiger partial charge in [-0.15, -0.1) is 0 Å². The fraction of sp³-hybridized carbons (Fsp3) is 0.0769. The van der Waals surface area contributed by atoms with E-state index in [9.17, 15) is 0 Å². The maximum absolute atomic E-state index is 8.78. The molecule has 1 heterocycles. The second-order valence-corrected chi connectivity index (χ2v) is 3.48. The molecule has 0 bridgehead atoms. The van der Waals surface area contributed by atoms with Gasteiger partial charge in [0.2, 0.25) is 0 Å². The lowest BCUT2D eigenvalue weighted by atomic mass is 10.0. The maximum Gasteiger partial charge on any atom is 0.101 e. The Hall–Kier alpha value is -2.18. The molecule has 0 amide bonds. The minimum Gasteiger partial charge on any atom is -0.326 e. The van der Waals surface area contributed by atoms with Crippen molar-refractivity contribution in [3.63, 3.8) is 0 Å². The fourth-order valence-corrected chi connectivity index (χ4v) is 1.49. The molecule has 0 saturated heterocycles. The molecule has 0 aliphatic rings. The minimum atomic E-state index is 0.538. The number of pyridine rings is 1. The Balaban J connectivity index is 2.39. The topological polar surface area (TPSA) is 62.7 Å². The summed E-state index contributed by atoms with van der Waals surface area (Å²) in [4.78, 5) is 4.03. The van der Waals surface area contributed by atoms with Gasteiger partial charge in [-0.05, 0) is 17.2 Å². The van der Waals surface area contributed by atoms with Crippen LogP contribution in [0.2, 0.25) is 0 Å². The smallest absolute Gasteiger partial charge is 0.101 e. The van der Waals surface area contributed by atoms with Crippen LogP contribution in [-0.4, -0.2) is 4.98 Å². The summed E-state index contributed by atoms with van der Waals surface area (Å²) in [6.45, 7) is 0.538. The molecule has 3 heteroatoms. The molecule has 0 radical (unpaired) electrons. The molecule has 3 nitrogen and oxygen atoms in total. The first-order chi connectivity index (χ1) is 7.83. The third-order valence-electron chi connectivity index (χ3n) is 2.39. The van der Waals surface area contributed by atoms with Gasteiger partial charge in [0.15, 0.2) is 0 Å². The molecule has 1 aromatic carbocycles. The van der Waals surface area contributed by atoms with Crippen molar-refractivity contribution in [1.29, 1.82) is 5.26 Å². The number of nitrogens with two attached hydrogens (primary N) is 1. The summed E-state index contributed by atoms with van der Waals surface area (Å²) in [7, 11) is 0. The van der Waals surface area contributed by atoms with Gasteiger partial charge in [-0.25, -0.2) is 0 Å². The van der Waals surface area contributed by atoms with Crippen molar-refractivity contribution in [2.45, 2.75) is 6.54 Å². The lowest BCUT2D eigenvalue weighted by Gasteiger charge is -2.02. The summed E-state index contributed by atoms with van der Waals surface area (Å²) in [6.07, 6.45) is 3.30. The number of aromatic nitrogens is 1. The molecule has 78 valence electrons. The largest absolute Gasteiger partial charge is 0.326 e. The second-order valence-electron chi connectivity index (χ2n) is 3.48. The maximum atomic E-state index is 8.78. The highest BCUT2D eigenvalue weighted by molar-refractivity contribution is 5.64. The molecule has 16 heavy (non-hydrogen) atoms. The Morgan fingerprint density at radius 2 is 1.88 bits per heavy atom. The normalized spacial score (nSPS) is 9.75.